The van der Waals surface area contributed by atoms with Crippen LogP contribution in [0.1, 0.15) is 66.9 Å². The van der Waals surface area contributed by atoms with E-state index in [1.165, 1.54) is 11.1 Å². The largest absolute Gasteiger partial charge is 0.490 e. The van der Waals surface area contributed by atoms with Crippen molar-refractivity contribution in [1.29, 1.82) is 0 Å². The highest BCUT2D eigenvalue weighted by atomic mass is 35.5. The number of hydrogen-bond acceptors (Lipinski definition) is 5. The second-order valence-corrected chi connectivity index (χ2v) is 15.0. The van der Waals surface area contributed by atoms with E-state index in [0.717, 1.165) is 55.1 Å². The minimum absolute atomic E-state index is 0.00820. The Balaban J connectivity index is 1.43. The van der Waals surface area contributed by atoms with Crippen LogP contribution >= 0.6 is 11.6 Å². The van der Waals surface area contributed by atoms with E-state index in [0.29, 0.717) is 31.6 Å². The summed E-state index contributed by atoms with van der Waals surface area (Å²) in [4.78, 5) is 28.8. The molecule has 1 N–H and O–H groups in total. The number of amides is 1. The number of carbonyl (C=O) groups is 2. The van der Waals surface area contributed by atoms with Gasteiger partial charge in [-0.3, -0.25) is 14.3 Å². The minimum Gasteiger partial charge on any atom is -0.490 e. The topological polar surface area (TPSA) is 75.7 Å². The van der Waals surface area contributed by atoms with Crippen molar-refractivity contribution in [3.05, 3.63) is 70.3 Å². The number of rotatable bonds is 0. The SMILES string of the molecule is C=S1(=O)NC(=O)c2ccc3c(c2)N(C[C@@H]2CC[C@H]2C(=O)/C=C/CC[C@H]1C)C[C@@]1(CCCc2cc(Cl)ccc21)CO3. The maximum atomic E-state index is 13.3. The second kappa shape index (κ2) is 10.6. The van der Waals surface area contributed by atoms with Crippen LogP contribution in [0.15, 0.2) is 48.6 Å². The molecular formula is C32H37ClN2O4S. The zero-order chi connectivity index (χ0) is 28.1. The number of nitrogens with zero attached hydrogens (tertiary/aromatic N) is 1. The van der Waals surface area contributed by atoms with Crippen LogP contribution in [0.5, 0.6) is 5.75 Å². The van der Waals surface area contributed by atoms with Crippen LogP contribution in [-0.4, -0.2) is 46.7 Å². The number of anilines is 1. The molecule has 5 atom stereocenters. The van der Waals surface area contributed by atoms with Crippen molar-refractivity contribution in [1.82, 2.24) is 4.72 Å². The quantitative estimate of drug-likeness (QED) is 0.416. The van der Waals surface area contributed by atoms with Crippen LogP contribution in [0.25, 0.3) is 0 Å². The van der Waals surface area contributed by atoms with E-state index in [2.05, 4.69) is 27.6 Å². The third-order valence-electron chi connectivity index (χ3n) is 9.47. The number of allylic oxidation sites excluding steroid dienone is 2. The molecule has 8 heteroatoms. The van der Waals surface area contributed by atoms with Gasteiger partial charge in [0.25, 0.3) is 5.91 Å². The summed E-state index contributed by atoms with van der Waals surface area (Å²) < 4.78 is 22.6. The van der Waals surface area contributed by atoms with E-state index in [1.807, 2.05) is 31.2 Å². The molecule has 0 radical (unpaired) electrons. The fourth-order valence-corrected chi connectivity index (χ4v) is 8.21. The first kappa shape index (κ1) is 27.4. The minimum atomic E-state index is -2.88. The first-order chi connectivity index (χ1) is 19.1. The Morgan fingerprint density at radius 3 is 2.80 bits per heavy atom. The number of halogens is 1. The summed E-state index contributed by atoms with van der Waals surface area (Å²) in [6.07, 6.45) is 9.68. The third-order valence-corrected chi connectivity index (χ3v) is 11.8. The van der Waals surface area contributed by atoms with E-state index < -0.39 is 15.6 Å². The average Bonchev–Trinajstić information content (AvgIpc) is 3.05. The summed E-state index contributed by atoms with van der Waals surface area (Å²) in [6.45, 7) is 3.78. The standard InChI is InChI=1S/C32H37ClN2O4S/c1-21-6-3-4-8-29(36)26-12-9-24(26)18-35-19-32(15-5-7-22-16-25(33)11-13-27(22)32)20-39-30-14-10-23(17-28(30)35)31(37)34-40(21,2)38/h4,8,10-11,13-14,16-17,21,24,26H,2-3,5-7,9,12,15,18-20H2,1H3,(H,34,37,38)/b8-4+/t21-,24+,26-,32+,40?/m1/s1. The van der Waals surface area contributed by atoms with Crippen molar-refractivity contribution in [2.24, 2.45) is 11.8 Å². The van der Waals surface area contributed by atoms with Crippen LogP contribution in [0, 0.1) is 11.8 Å². The van der Waals surface area contributed by atoms with Gasteiger partial charge in [-0.2, -0.15) is 0 Å². The van der Waals surface area contributed by atoms with Gasteiger partial charge in [0.2, 0.25) is 0 Å². The molecule has 0 aromatic heterocycles. The fourth-order valence-electron chi connectivity index (χ4n) is 6.86. The van der Waals surface area contributed by atoms with Crippen LogP contribution in [0.4, 0.5) is 5.69 Å². The van der Waals surface area contributed by atoms with Gasteiger partial charge in [0.1, 0.15) is 5.75 Å². The van der Waals surface area contributed by atoms with E-state index >= 15 is 0 Å². The second-order valence-electron chi connectivity index (χ2n) is 12.1. The van der Waals surface area contributed by atoms with Gasteiger partial charge in [0, 0.05) is 40.3 Å². The predicted octanol–water partition coefficient (Wildman–Crippen LogP) is 5.51. The molecule has 2 aliphatic carbocycles. The number of aryl methyl sites for hydroxylation is 1. The molecular weight excluding hydrogens is 544 g/mol. The van der Waals surface area contributed by atoms with Crippen LogP contribution < -0.4 is 14.4 Å². The fraction of sp³-hybridized carbons (Fsp3) is 0.469. The van der Waals surface area contributed by atoms with Gasteiger partial charge in [0.05, 0.1) is 22.0 Å². The lowest BCUT2D eigenvalue weighted by Gasteiger charge is -2.44. The molecule has 2 aromatic carbocycles. The number of ether oxygens (including phenoxy) is 1. The number of ketones is 1. The lowest BCUT2D eigenvalue weighted by Crippen LogP contribution is -2.49. The Morgan fingerprint density at radius 1 is 1.15 bits per heavy atom. The van der Waals surface area contributed by atoms with Gasteiger partial charge in [-0.05, 0) is 111 Å². The van der Waals surface area contributed by atoms with E-state index in [1.54, 1.807) is 12.1 Å². The van der Waals surface area contributed by atoms with Crippen molar-refractivity contribution in [2.75, 3.05) is 24.6 Å². The molecule has 2 heterocycles. The number of nitrogens with one attached hydrogen (secondary N) is 1. The molecule has 2 aromatic rings. The summed E-state index contributed by atoms with van der Waals surface area (Å²) >= 11 is 6.38. The molecule has 6 nitrogen and oxygen atoms in total. The Morgan fingerprint density at radius 2 is 2.00 bits per heavy atom. The van der Waals surface area contributed by atoms with Gasteiger partial charge < -0.3 is 9.64 Å². The smallest absolute Gasteiger partial charge is 0.262 e. The number of hydrogen-bond donors (Lipinski definition) is 1. The van der Waals surface area contributed by atoms with Crippen molar-refractivity contribution < 1.29 is 18.5 Å². The number of benzene rings is 2. The third kappa shape index (κ3) is 5.07. The number of fused-ring (bicyclic) bond motifs is 4. The molecule has 1 amide bonds. The highest BCUT2D eigenvalue weighted by molar-refractivity contribution is 7.99. The summed E-state index contributed by atoms with van der Waals surface area (Å²) in [7, 11) is -2.88. The van der Waals surface area contributed by atoms with Gasteiger partial charge in [0.15, 0.2) is 5.78 Å². The van der Waals surface area contributed by atoms with Crippen molar-refractivity contribution in [3.63, 3.8) is 0 Å². The van der Waals surface area contributed by atoms with E-state index in [-0.39, 0.29) is 28.3 Å². The van der Waals surface area contributed by atoms with Crippen LogP contribution in [0.2, 0.25) is 5.02 Å². The van der Waals surface area contributed by atoms with Crippen molar-refractivity contribution in [2.45, 2.75) is 62.5 Å². The average molecular weight is 581 g/mol. The molecule has 0 saturated heterocycles. The zero-order valence-corrected chi connectivity index (χ0v) is 24.6. The van der Waals surface area contributed by atoms with Crippen LogP contribution in [-0.2, 0) is 26.3 Å². The first-order valence-electron chi connectivity index (χ1n) is 14.3. The van der Waals surface area contributed by atoms with Crippen LogP contribution in [0.3, 0.4) is 0 Å². The van der Waals surface area contributed by atoms with E-state index in [4.69, 9.17) is 16.3 Å². The molecule has 2 aliphatic heterocycles. The lowest BCUT2D eigenvalue weighted by atomic mass is 9.68. The molecule has 2 bridgehead atoms. The highest BCUT2D eigenvalue weighted by Crippen LogP contribution is 2.46. The maximum absolute atomic E-state index is 13.3. The van der Waals surface area contributed by atoms with Gasteiger partial charge in [-0.1, -0.05) is 23.7 Å². The van der Waals surface area contributed by atoms with Crippen molar-refractivity contribution in [3.8, 4) is 5.75 Å². The number of carbonyl (C=O) groups excluding carboxylic acids is 2. The Labute approximate surface area is 242 Å². The first-order valence-corrected chi connectivity index (χ1v) is 16.5. The summed E-state index contributed by atoms with van der Waals surface area (Å²) in [6, 6.07) is 11.6. The molecule has 212 valence electrons. The molecule has 1 unspecified atom stereocenters. The maximum Gasteiger partial charge on any atom is 0.262 e. The Kier molecular flexibility index (Phi) is 7.24. The summed E-state index contributed by atoms with van der Waals surface area (Å²) in [5.74, 6) is 4.59. The summed E-state index contributed by atoms with van der Waals surface area (Å²) in [5.41, 5.74) is 3.58. The summed E-state index contributed by atoms with van der Waals surface area (Å²) in [5, 5.41) is 0.412. The van der Waals surface area contributed by atoms with Crippen molar-refractivity contribution >= 4 is 44.6 Å². The predicted molar refractivity (Wildman–Crippen MR) is 162 cm³/mol. The Bertz CT molecular complexity index is 1490. The van der Waals surface area contributed by atoms with E-state index in [9.17, 15) is 13.8 Å². The molecule has 4 aliphatic rings. The molecule has 1 spiro atoms. The van der Waals surface area contributed by atoms with Gasteiger partial charge in [-0.15, -0.1) is 0 Å². The monoisotopic (exact) mass is 580 g/mol. The Hall–Kier alpha value is -2.77. The molecule has 1 saturated carbocycles. The molecule has 1 fully saturated rings. The highest BCUT2D eigenvalue weighted by Gasteiger charge is 2.44. The molecule has 40 heavy (non-hydrogen) atoms. The molecule has 6 rings (SSSR count). The van der Waals surface area contributed by atoms with Gasteiger partial charge in [-0.25, -0.2) is 4.21 Å². The van der Waals surface area contributed by atoms with Gasteiger partial charge >= 0.3 is 0 Å². The lowest BCUT2D eigenvalue weighted by molar-refractivity contribution is -0.122. The normalized spacial score (nSPS) is 33.0. The zero-order valence-electron chi connectivity index (χ0n) is 23.0.